The van der Waals surface area contributed by atoms with Crippen molar-refractivity contribution in [2.45, 2.75) is 0 Å². The Labute approximate surface area is 192 Å². The first-order valence-electron chi connectivity index (χ1n) is 10.1. The van der Waals surface area contributed by atoms with E-state index in [4.69, 9.17) is 12.2 Å². The van der Waals surface area contributed by atoms with Gasteiger partial charge in [-0.3, -0.25) is 19.8 Å². The van der Waals surface area contributed by atoms with E-state index in [1.54, 1.807) is 12.2 Å². The maximum absolute atomic E-state index is 12.7. The number of para-hydroxylation sites is 2. The fourth-order valence-corrected chi connectivity index (χ4v) is 3.73. The quantitative estimate of drug-likeness (QED) is 0.255. The van der Waals surface area contributed by atoms with Crippen LogP contribution in [-0.4, -0.2) is 28.4 Å². The summed E-state index contributed by atoms with van der Waals surface area (Å²) >= 11 is 5.10. The molecule has 4 rings (SSSR count). The maximum Gasteiger partial charge on any atom is 0.265 e. The van der Waals surface area contributed by atoms with Crippen LogP contribution < -0.4 is 10.2 Å². The summed E-state index contributed by atoms with van der Waals surface area (Å²) in [5.74, 6) is -0.933. The summed E-state index contributed by atoms with van der Waals surface area (Å²) in [7, 11) is 0. The zero-order valence-corrected chi connectivity index (χ0v) is 18.1. The van der Waals surface area contributed by atoms with Gasteiger partial charge in [0.15, 0.2) is 5.11 Å². The van der Waals surface area contributed by atoms with Gasteiger partial charge in [-0.15, -0.1) is 6.58 Å². The van der Waals surface area contributed by atoms with Gasteiger partial charge in [0.2, 0.25) is 0 Å². The molecule has 0 aromatic heterocycles. The predicted molar refractivity (Wildman–Crippen MR) is 132 cm³/mol. The van der Waals surface area contributed by atoms with Gasteiger partial charge in [-0.05, 0) is 60.3 Å². The van der Waals surface area contributed by atoms with Crippen molar-refractivity contribution in [3.05, 3.63) is 109 Å². The molecule has 1 aliphatic rings. The van der Waals surface area contributed by atoms with Gasteiger partial charge in [0, 0.05) is 23.6 Å². The van der Waals surface area contributed by atoms with Gasteiger partial charge in [0.05, 0.1) is 0 Å². The van der Waals surface area contributed by atoms with E-state index >= 15 is 0 Å². The highest BCUT2D eigenvalue weighted by atomic mass is 32.1. The van der Waals surface area contributed by atoms with Gasteiger partial charge in [-0.2, -0.15) is 0 Å². The summed E-state index contributed by atoms with van der Waals surface area (Å²) in [6.07, 6.45) is 3.14. The average molecular weight is 440 g/mol. The molecule has 0 aliphatic carbocycles. The molecule has 0 unspecified atom stereocenters. The largest absolute Gasteiger partial charge is 0.311 e. The second-order valence-corrected chi connectivity index (χ2v) is 7.51. The van der Waals surface area contributed by atoms with Crippen LogP contribution in [0.3, 0.4) is 0 Å². The third kappa shape index (κ3) is 4.36. The molecule has 1 aliphatic heterocycles. The Morgan fingerprint density at radius 1 is 0.844 bits per heavy atom. The molecule has 32 heavy (non-hydrogen) atoms. The molecule has 3 aromatic carbocycles. The monoisotopic (exact) mass is 439 g/mol. The van der Waals surface area contributed by atoms with Crippen molar-refractivity contribution in [2.24, 2.45) is 0 Å². The number of nitrogens with zero attached hydrogens (tertiary/aromatic N) is 2. The van der Waals surface area contributed by atoms with Crippen LogP contribution in [0.25, 0.3) is 6.08 Å². The molecule has 5 nitrogen and oxygen atoms in total. The second-order valence-electron chi connectivity index (χ2n) is 7.12. The van der Waals surface area contributed by atoms with Crippen LogP contribution in [-0.2, 0) is 9.59 Å². The van der Waals surface area contributed by atoms with Crippen molar-refractivity contribution in [3.8, 4) is 0 Å². The number of carbonyl (C=O) groups excluding carboxylic acids is 2. The Morgan fingerprint density at radius 2 is 1.38 bits per heavy atom. The molecule has 0 spiro atoms. The van der Waals surface area contributed by atoms with E-state index in [9.17, 15) is 9.59 Å². The standard InChI is InChI=1S/C26H21N3O2S/c1-2-17-28-25(31)23(24(30)27-26(28)32)18-19-13-15-22(16-14-19)29(20-9-5-3-6-10-20)21-11-7-4-8-12-21/h2-16,18H,1,17H2,(H,27,30,32). The molecule has 0 saturated carbocycles. The maximum atomic E-state index is 12.7. The van der Waals surface area contributed by atoms with Crippen molar-refractivity contribution < 1.29 is 9.59 Å². The highest BCUT2D eigenvalue weighted by molar-refractivity contribution is 7.80. The van der Waals surface area contributed by atoms with Gasteiger partial charge < -0.3 is 4.90 Å². The van der Waals surface area contributed by atoms with Crippen molar-refractivity contribution in [1.29, 1.82) is 0 Å². The number of thiocarbonyl (C=S) groups is 1. The lowest BCUT2D eigenvalue weighted by Crippen LogP contribution is -2.53. The van der Waals surface area contributed by atoms with Gasteiger partial charge >= 0.3 is 0 Å². The lowest BCUT2D eigenvalue weighted by molar-refractivity contribution is -0.128. The Hall–Kier alpha value is -4.03. The minimum Gasteiger partial charge on any atom is -0.311 e. The molecular formula is C26H21N3O2S. The molecule has 1 N–H and O–H groups in total. The Morgan fingerprint density at radius 3 is 1.91 bits per heavy atom. The predicted octanol–water partition coefficient (Wildman–Crippen LogP) is 4.97. The van der Waals surface area contributed by atoms with E-state index in [-0.39, 0.29) is 17.2 Å². The SMILES string of the molecule is C=CCN1C(=O)C(=Cc2ccc(N(c3ccccc3)c3ccccc3)cc2)C(=O)NC1=S. The highest BCUT2D eigenvalue weighted by Gasteiger charge is 2.32. The third-order valence-corrected chi connectivity index (χ3v) is 5.31. The molecule has 158 valence electrons. The first kappa shape index (κ1) is 21.2. The van der Waals surface area contributed by atoms with E-state index in [0.717, 1.165) is 22.6 Å². The van der Waals surface area contributed by atoms with E-state index in [0.29, 0.717) is 0 Å². The molecule has 0 atom stereocenters. The van der Waals surface area contributed by atoms with Crippen LogP contribution in [0.5, 0.6) is 0 Å². The van der Waals surface area contributed by atoms with Crippen LogP contribution in [0.4, 0.5) is 17.1 Å². The van der Waals surface area contributed by atoms with E-state index < -0.39 is 11.8 Å². The van der Waals surface area contributed by atoms with Crippen molar-refractivity contribution >= 4 is 52.3 Å². The number of nitrogens with one attached hydrogen (secondary N) is 1. The number of anilines is 3. The van der Waals surface area contributed by atoms with E-state index in [1.165, 1.54) is 4.90 Å². The van der Waals surface area contributed by atoms with Crippen LogP contribution in [0.1, 0.15) is 5.56 Å². The normalized spacial score (nSPS) is 14.9. The summed E-state index contributed by atoms with van der Waals surface area (Å²) in [6.45, 7) is 3.87. The lowest BCUT2D eigenvalue weighted by Gasteiger charge is -2.28. The topological polar surface area (TPSA) is 52.7 Å². The molecule has 2 amide bonds. The fraction of sp³-hybridized carbons (Fsp3) is 0.0385. The minimum absolute atomic E-state index is 0.0381. The number of benzene rings is 3. The number of hydrogen-bond donors (Lipinski definition) is 1. The lowest BCUT2D eigenvalue weighted by atomic mass is 10.1. The minimum atomic E-state index is -0.500. The summed E-state index contributed by atoms with van der Waals surface area (Å²) in [6, 6.07) is 27.8. The van der Waals surface area contributed by atoms with Gasteiger partial charge in [-0.1, -0.05) is 54.6 Å². The van der Waals surface area contributed by atoms with Crippen molar-refractivity contribution in [3.63, 3.8) is 0 Å². The first-order valence-corrected chi connectivity index (χ1v) is 10.5. The van der Waals surface area contributed by atoms with Gasteiger partial charge in [0.1, 0.15) is 5.57 Å². The van der Waals surface area contributed by atoms with Crippen LogP contribution >= 0.6 is 12.2 Å². The molecule has 1 saturated heterocycles. The Bertz CT molecular complexity index is 1150. The van der Waals surface area contributed by atoms with Crippen LogP contribution in [0.15, 0.2) is 103 Å². The molecule has 0 radical (unpaired) electrons. The number of hydrogen-bond acceptors (Lipinski definition) is 4. The van der Waals surface area contributed by atoms with E-state index in [2.05, 4.69) is 16.8 Å². The molecule has 6 heteroatoms. The zero-order chi connectivity index (χ0) is 22.5. The molecule has 0 bridgehead atoms. The van der Waals surface area contributed by atoms with Gasteiger partial charge in [0.25, 0.3) is 11.8 Å². The van der Waals surface area contributed by atoms with Crippen LogP contribution in [0, 0.1) is 0 Å². The zero-order valence-electron chi connectivity index (χ0n) is 17.3. The van der Waals surface area contributed by atoms with E-state index in [1.807, 2.05) is 84.9 Å². The number of amides is 2. The summed E-state index contributed by atoms with van der Waals surface area (Å²) in [5, 5.41) is 2.65. The van der Waals surface area contributed by atoms with Crippen LogP contribution in [0.2, 0.25) is 0 Å². The number of rotatable bonds is 6. The molecular weight excluding hydrogens is 418 g/mol. The second kappa shape index (κ2) is 9.41. The summed E-state index contributed by atoms with van der Waals surface area (Å²) in [5.41, 5.74) is 3.79. The highest BCUT2D eigenvalue weighted by Crippen LogP contribution is 2.34. The number of carbonyl (C=O) groups is 2. The Balaban J connectivity index is 1.67. The summed E-state index contributed by atoms with van der Waals surface area (Å²) < 4.78 is 0. The fourth-order valence-electron chi connectivity index (χ4n) is 3.48. The third-order valence-electron chi connectivity index (χ3n) is 4.99. The Kier molecular flexibility index (Phi) is 6.24. The summed E-state index contributed by atoms with van der Waals surface area (Å²) in [4.78, 5) is 28.6. The molecule has 1 heterocycles. The average Bonchev–Trinajstić information content (AvgIpc) is 2.82. The van der Waals surface area contributed by atoms with Crippen molar-refractivity contribution in [2.75, 3.05) is 11.4 Å². The molecule has 1 fully saturated rings. The molecule has 3 aromatic rings. The first-order chi connectivity index (χ1) is 15.6. The smallest absolute Gasteiger partial charge is 0.265 e. The van der Waals surface area contributed by atoms with Crippen molar-refractivity contribution in [1.82, 2.24) is 10.2 Å². The van der Waals surface area contributed by atoms with Gasteiger partial charge in [-0.25, -0.2) is 0 Å².